The maximum atomic E-state index is 8.47. The Morgan fingerprint density at radius 3 is 3.36 bits per heavy atom. The average molecular weight is 210 g/mol. The molecule has 1 N–H and O–H groups in total. The van der Waals surface area contributed by atoms with Crippen LogP contribution in [0.15, 0.2) is 0 Å². The van der Waals surface area contributed by atoms with E-state index in [9.17, 15) is 0 Å². The van der Waals surface area contributed by atoms with Crippen LogP contribution < -0.4 is 0 Å². The maximum Gasteiger partial charge on any atom is 0.180 e. The van der Waals surface area contributed by atoms with Crippen molar-refractivity contribution in [1.29, 1.82) is 5.26 Å². The van der Waals surface area contributed by atoms with E-state index in [2.05, 4.69) is 15.2 Å². The van der Waals surface area contributed by atoms with Crippen LogP contribution in [0.25, 0.3) is 0 Å². The molecule has 14 heavy (non-hydrogen) atoms. The van der Waals surface area contributed by atoms with Crippen LogP contribution in [-0.4, -0.2) is 33.3 Å². The van der Waals surface area contributed by atoms with Gasteiger partial charge < -0.3 is 4.74 Å². The van der Waals surface area contributed by atoms with Gasteiger partial charge in [-0.3, -0.25) is 5.10 Å². The van der Waals surface area contributed by atoms with Crippen LogP contribution in [-0.2, 0) is 11.2 Å². The number of hydrogen-bond donors (Lipinski definition) is 1. The Labute approximate surface area is 85.9 Å². The molecule has 2 heterocycles. The highest BCUT2D eigenvalue weighted by molar-refractivity contribution is 7.99. The largest absolute Gasteiger partial charge is 0.368 e. The fraction of sp³-hybridized carbons (Fsp3) is 0.625. The van der Waals surface area contributed by atoms with Crippen LogP contribution in [0.2, 0.25) is 0 Å². The van der Waals surface area contributed by atoms with E-state index in [1.165, 1.54) is 0 Å². The summed E-state index contributed by atoms with van der Waals surface area (Å²) in [5.74, 6) is 3.21. The van der Waals surface area contributed by atoms with Crippen molar-refractivity contribution in [1.82, 2.24) is 15.2 Å². The summed E-state index contributed by atoms with van der Waals surface area (Å²) in [7, 11) is 0. The van der Waals surface area contributed by atoms with Crippen LogP contribution in [0, 0.1) is 11.3 Å². The molecule has 1 atom stereocenters. The predicted octanol–water partition coefficient (Wildman–Crippen LogP) is 0.675. The number of nitriles is 1. The van der Waals surface area contributed by atoms with Crippen molar-refractivity contribution in [2.45, 2.75) is 12.5 Å². The van der Waals surface area contributed by atoms with Gasteiger partial charge in [-0.1, -0.05) is 0 Å². The molecule has 0 amide bonds. The van der Waals surface area contributed by atoms with E-state index in [0.29, 0.717) is 11.6 Å². The Hall–Kier alpha value is -1.06. The summed E-state index contributed by atoms with van der Waals surface area (Å²) in [4.78, 5) is 4.20. The fourth-order valence-electron chi connectivity index (χ4n) is 1.24. The van der Waals surface area contributed by atoms with Crippen molar-refractivity contribution in [3.05, 3.63) is 11.6 Å². The third kappa shape index (κ3) is 2.05. The number of ether oxygens (including phenoxy) is 1. The van der Waals surface area contributed by atoms with E-state index >= 15 is 0 Å². The summed E-state index contributed by atoms with van der Waals surface area (Å²) < 4.78 is 5.51. The Morgan fingerprint density at radius 1 is 1.71 bits per heavy atom. The van der Waals surface area contributed by atoms with Crippen molar-refractivity contribution >= 4 is 11.8 Å². The summed E-state index contributed by atoms with van der Waals surface area (Å²) in [6.07, 6.45) is 0.254. The van der Waals surface area contributed by atoms with Crippen LogP contribution in [0.5, 0.6) is 0 Å². The molecule has 1 saturated heterocycles. The Bertz CT molecular complexity index is 339. The van der Waals surface area contributed by atoms with Gasteiger partial charge in [0.15, 0.2) is 5.82 Å². The lowest BCUT2D eigenvalue weighted by molar-refractivity contribution is 0.0696. The Kier molecular flexibility index (Phi) is 3.01. The summed E-state index contributed by atoms with van der Waals surface area (Å²) in [6.45, 7) is 0.747. The number of H-pyrrole nitrogens is 1. The minimum atomic E-state index is -0.0163. The zero-order chi connectivity index (χ0) is 9.80. The second kappa shape index (κ2) is 4.44. The number of nitrogens with zero attached hydrogens (tertiary/aromatic N) is 3. The van der Waals surface area contributed by atoms with Crippen LogP contribution in [0.3, 0.4) is 0 Å². The first-order chi connectivity index (χ1) is 6.90. The third-order valence-corrected chi connectivity index (χ3v) is 2.89. The van der Waals surface area contributed by atoms with Gasteiger partial charge in [0.25, 0.3) is 0 Å². The van der Waals surface area contributed by atoms with E-state index in [0.717, 1.165) is 18.1 Å². The van der Waals surface area contributed by atoms with E-state index in [1.807, 2.05) is 17.8 Å². The van der Waals surface area contributed by atoms with Gasteiger partial charge in [0.1, 0.15) is 11.9 Å². The molecule has 1 aromatic rings. The highest BCUT2D eigenvalue weighted by Gasteiger charge is 2.20. The number of hydrogen-bond acceptors (Lipinski definition) is 5. The average Bonchev–Trinajstić information content (AvgIpc) is 2.68. The smallest absolute Gasteiger partial charge is 0.180 e. The standard InChI is InChI=1S/C8H10N4OS/c9-2-1-7-10-8(12-11-7)6-5-14-4-3-13-6/h6H,1,3-5H2,(H,10,11,12). The third-order valence-electron chi connectivity index (χ3n) is 1.90. The molecule has 1 fully saturated rings. The summed E-state index contributed by atoms with van der Waals surface area (Å²) in [5, 5.41) is 15.2. The first-order valence-corrected chi connectivity index (χ1v) is 5.53. The fourth-order valence-corrected chi connectivity index (χ4v) is 2.08. The van der Waals surface area contributed by atoms with Crippen molar-refractivity contribution in [3.63, 3.8) is 0 Å². The first kappa shape index (κ1) is 9.49. The molecule has 5 nitrogen and oxygen atoms in total. The summed E-state index contributed by atoms with van der Waals surface area (Å²) >= 11 is 1.84. The van der Waals surface area contributed by atoms with Crippen LogP contribution in [0.4, 0.5) is 0 Å². The van der Waals surface area contributed by atoms with E-state index < -0.39 is 0 Å². The van der Waals surface area contributed by atoms with E-state index in [1.54, 1.807) is 0 Å². The lowest BCUT2D eigenvalue weighted by atomic mass is 10.4. The molecular formula is C8H10N4OS. The molecule has 0 aliphatic carbocycles. The van der Waals surface area contributed by atoms with Crippen molar-refractivity contribution in [3.8, 4) is 6.07 Å². The van der Waals surface area contributed by atoms with Crippen molar-refractivity contribution in [2.75, 3.05) is 18.1 Å². The molecule has 1 aliphatic rings. The van der Waals surface area contributed by atoms with Gasteiger partial charge in [0, 0.05) is 11.5 Å². The number of aromatic amines is 1. The van der Waals surface area contributed by atoms with E-state index in [-0.39, 0.29) is 12.5 Å². The second-order valence-electron chi connectivity index (χ2n) is 2.91. The molecule has 74 valence electrons. The van der Waals surface area contributed by atoms with Gasteiger partial charge in [-0.05, 0) is 0 Å². The Morgan fingerprint density at radius 2 is 2.64 bits per heavy atom. The minimum Gasteiger partial charge on any atom is -0.368 e. The SMILES string of the molecule is N#CCc1nc(C2CSCCO2)n[nH]1. The molecule has 1 aromatic heterocycles. The Balaban J connectivity index is 2.04. The molecule has 0 spiro atoms. The van der Waals surface area contributed by atoms with Crippen LogP contribution >= 0.6 is 11.8 Å². The number of aromatic nitrogens is 3. The zero-order valence-electron chi connectivity index (χ0n) is 7.56. The molecule has 1 aliphatic heterocycles. The van der Waals surface area contributed by atoms with Gasteiger partial charge in [-0.2, -0.15) is 22.1 Å². The lowest BCUT2D eigenvalue weighted by Gasteiger charge is -2.19. The lowest BCUT2D eigenvalue weighted by Crippen LogP contribution is -2.16. The molecular weight excluding hydrogens is 200 g/mol. The summed E-state index contributed by atoms with van der Waals surface area (Å²) in [6, 6.07) is 2.02. The first-order valence-electron chi connectivity index (χ1n) is 4.37. The predicted molar refractivity (Wildman–Crippen MR) is 51.7 cm³/mol. The highest BCUT2D eigenvalue weighted by atomic mass is 32.2. The zero-order valence-corrected chi connectivity index (χ0v) is 8.38. The van der Waals surface area contributed by atoms with Gasteiger partial charge in [-0.25, -0.2) is 4.98 Å². The highest BCUT2D eigenvalue weighted by Crippen LogP contribution is 2.23. The molecule has 0 radical (unpaired) electrons. The molecule has 0 bridgehead atoms. The quantitative estimate of drug-likeness (QED) is 0.776. The molecule has 2 rings (SSSR count). The molecule has 0 aromatic carbocycles. The monoisotopic (exact) mass is 210 g/mol. The van der Waals surface area contributed by atoms with Gasteiger partial charge in [-0.15, -0.1) is 0 Å². The topological polar surface area (TPSA) is 74.6 Å². The number of nitrogens with one attached hydrogen (secondary N) is 1. The molecule has 0 saturated carbocycles. The number of rotatable bonds is 2. The normalized spacial score (nSPS) is 21.8. The van der Waals surface area contributed by atoms with Crippen LogP contribution in [0.1, 0.15) is 17.8 Å². The molecule has 6 heteroatoms. The number of thioether (sulfide) groups is 1. The van der Waals surface area contributed by atoms with Gasteiger partial charge in [0.05, 0.1) is 19.1 Å². The second-order valence-corrected chi connectivity index (χ2v) is 4.06. The molecule has 1 unspecified atom stereocenters. The van der Waals surface area contributed by atoms with Crippen molar-refractivity contribution < 1.29 is 4.74 Å². The van der Waals surface area contributed by atoms with Crippen molar-refractivity contribution in [2.24, 2.45) is 0 Å². The van der Waals surface area contributed by atoms with Gasteiger partial charge >= 0.3 is 0 Å². The van der Waals surface area contributed by atoms with Gasteiger partial charge in [0.2, 0.25) is 0 Å². The summed E-state index contributed by atoms with van der Waals surface area (Å²) in [5.41, 5.74) is 0. The minimum absolute atomic E-state index is 0.0163. The maximum absolute atomic E-state index is 8.47. The van der Waals surface area contributed by atoms with E-state index in [4.69, 9.17) is 10.00 Å².